The summed E-state index contributed by atoms with van der Waals surface area (Å²) < 4.78 is 15.7. The van der Waals surface area contributed by atoms with Crippen molar-refractivity contribution in [2.75, 3.05) is 0 Å². The number of rotatable bonds is 3. The van der Waals surface area contributed by atoms with Crippen molar-refractivity contribution < 1.29 is 33.4 Å². The van der Waals surface area contributed by atoms with Gasteiger partial charge in [-0.1, -0.05) is 6.08 Å². The maximum absolute atomic E-state index is 12.0. The molecule has 3 aliphatic heterocycles. The van der Waals surface area contributed by atoms with Crippen LogP contribution in [0.4, 0.5) is 0 Å². The van der Waals surface area contributed by atoms with E-state index in [9.17, 15) is 19.2 Å². The lowest BCUT2D eigenvalue weighted by molar-refractivity contribution is -0.226. The average molecular weight is 295 g/mol. The second-order valence-corrected chi connectivity index (χ2v) is 5.20. The summed E-state index contributed by atoms with van der Waals surface area (Å²) in [6.45, 7) is 2.30. The number of ether oxygens (including phenoxy) is 3. The van der Waals surface area contributed by atoms with Gasteiger partial charge in [0.1, 0.15) is 0 Å². The summed E-state index contributed by atoms with van der Waals surface area (Å²) in [4.78, 5) is 46.3. The summed E-state index contributed by atoms with van der Waals surface area (Å²) in [5.74, 6) is -3.93. The molecule has 1 N–H and O–H groups in total. The standard InChI is InChI=1S/C13H13NO7/c1-5(15)19-12(20-6(2)16)13-4-3-7(21-13)8-9(13)11(18)14-10(8)17/h3-4,7-9,12H,1-2H3,(H,14,17,18)/t7-,8-,9+,13-/m1/s1. The Morgan fingerprint density at radius 3 is 2.43 bits per heavy atom. The molecular weight excluding hydrogens is 282 g/mol. The van der Waals surface area contributed by atoms with Gasteiger partial charge in [0.2, 0.25) is 11.8 Å². The maximum Gasteiger partial charge on any atom is 0.305 e. The summed E-state index contributed by atoms with van der Waals surface area (Å²) in [5.41, 5.74) is -1.46. The highest BCUT2D eigenvalue weighted by molar-refractivity contribution is 6.07. The first-order valence-electron chi connectivity index (χ1n) is 6.41. The van der Waals surface area contributed by atoms with E-state index in [1.165, 1.54) is 6.08 Å². The number of fused-ring (bicyclic) bond motifs is 5. The molecule has 0 aromatic carbocycles. The molecule has 2 amide bonds. The van der Waals surface area contributed by atoms with Crippen molar-refractivity contribution >= 4 is 23.8 Å². The third kappa shape index (κ3) is 1.86. The fourth-order valence-corrected chi connectivity index (χ4v) is 3.14. The van der Waals surface area contributed by atoms with Crippen LogP contribution in [-0.4, -0.2) is 41.7 Å². The zero-order valence-electron chi connectivity index (χ0n) is 11.3. The molecular formula is C13H13NO7. The Bertz CT molecular complexity index is 567. The van der Waals surface area contributed by atoms with E-state index in [-0.39, 0.29) is 0 Å². The first-order valence-corrected chi connectivity index (χ1v) is 6.41. The molecule has 8 nitrogen and oxygen atoms in total. The van der Waals surface area contributed by atoms with Crippen LogP contribution in [0.5, 0.6) is 0 Å². The van der Waals surface area contributed by atoms with Crippen LogP contribution >= 0.6 is 0 Å². The van der Waals surface area contributed by atoms with Gasteiger partial charge in [0.25, 0.3) is 6.29 Å². The molecule has 0 spiro atoms. The molecule has 112 valence electrons. The first kappa shape index (κ1) is 13.7. The van der Waals surface area contributed by atoms with Gasteiger partial charge in [0.15, 0.2) is 5.60 Å². The van der Waals surface area contributed by atoms with Gasteiger partial charge in [-0.05, 0) is 6.08 Å². The third-order valence-electron chi connectivity index (χ3n) is 3.83. The normalized spacial score (nSPS) is 35.9. The zero-order chi connectivity index (χ0) is 15.4. The fraction of sp³-hybridized carbons (Fsp3) is 0.538. The van der Waals surface area contributed by atoms with Crippen LogP contribution < -0.4 is 5.32 Å². The Hall–Kier alpha value is -2.22. The molecule has 2 bridgehead atoms. The number of esters is 2. The highest BCUT2D eigenvalue weighted by Gasteiger charge is 2.70. The SMILES string of the molecule is CC(=O)OC(OC(C)=O)[C@]12C=C[C@@H](O1)[C@H]1C(=O)NC(=O)[C@H]12. The molecule has 2 saturated heterocycles. The number of hydrogen-bond acceptors (Lipinski definition) is 7. The fourth-order valence-electron chi connectivity index (χ4n) is 3.14. The summed E-state index contributed by atoms with van der Waals surface area (Å²) in [5, 5.41) is 2.23. The van der Waals surface area contributed by atoms with Gasteiger partial charge in [0, 0.05) is 13.8 Å². The number of amides is 2. The van der Waals surface area contributed by atoms with Crippen molar-refractivity contribution in [3.8, 4) is 0 Å². The monoisotopic (exact) mass is 295 g/mol. The molecule has 0 unspecified atom stereocenters. The lowest BCUT2D eigenvalue weighted by Crippen LogP contribution is -2.52. The lowest BCUT2D eigenvalue weighted by Gasteiger charge is -2.34. The van der Waals surface area contributed by atoms with E-state index < -0.39 is 53.6 Å². The molecule has 0 saturated carbocycles. The zero-order valence-corrected chi connectivity index (χ0v) is 11.3. The summed E-state index contributed by atoms with van der Waals surface area (Å²) >= 11 is 0. The molecule has 0 radical (unpaired) electrons. The van der Waals surface area contributed by atoms with E-state index in [0.717, 1.165) is 13.8 Å². The van der Waals surface area contributed by atoms with Gasteiger partial charge >= 0.3 is 11.9 Å². The molecule has 4 atom stereocenters. The van der Waals surface area contributed by atoms with Crippen molar-refractivity contribution in [3.05, 3.63) is 12.2 Å². The summed E-state index contributed by atoms with van der Waals surface area (Å²) in [7, 11) is 0. The van der Waals surface area contributed by atoms with Crippen LogP contribution in [0.25, 0.3) is 0 Å². The quantitative estimate of drug-likeness (QED) is 0.309. The minimum absolute atomic E-state index is 0.439. The molecule has 0 aromatic rings. The predicted octanol–water partition coefficient (Wildman–Crippen LogP) is -0.965. The van der Waals surface area contributed by atoms with Gasteiger partial charge in [-0.3, -0.25) is 24.5 Å². The van der Waals surface area contributed by atoms with Gasteiger partial charge in [0.05, 0.1) is 17.9 Å². The maximum atomic E-state index is 12.0. The molecule has 21 heavy (non-hydrogen) atoms. The Morgan fingerprint density at radius 2 is 1.86 bits per heavy atom. The van der Waals surface area contributed by atoms with Crippen molar-refractivity contribution in [2.24, 2.45) is 11.8 Å². The van der Waals surface area contributed by atoms with E-state index in [2.05, 4.69) is 5.32 Å². The second kappa shape index (κ2) is 4.39. The minimum atomic E-state index is -1.46. The Balaban J connectivity index is 1.99. The number of hydrogen-bond donors (Lipinski definition) is 1. The Morgan fingerprint density at radius 1 is 1.24 bits per heavy atom. The molecule has 8 heteroatoms. The third-order valence-corrected chi connectivity index (χ3v) is 3.83. The largest absolute Gasteiger partial charge is 0.422 e. The van der Waals surface area contributed by atoms with Crippen LogP contribution in [0.1, 0.15) is 13.8 Å². The number of carbonyl (C=O) groups is 4. The van der Waals surface area contributed by atoms with Crippen molar-refractivity contribution in [1.29, 1.82) is 0 Å². The number of imide groups is 1. The summed E-state index contributed by atoms with van der Waals surface area (Å²) in [6, 6.07) is 0. The van der Waals surface area contributed by atoms with E-state index in [1.54, 1.807) is 6.08 Å². The van der Waals surface area contributed by atoms with Crippen LogP contribution in [0.2, 0.25) is 0 Å². The lowest BCUT2D eigenvalue weighted by atomic mass is 9.76. The van der Waals surface area contributed by atoms with E-state index in [0.29, 0.717) is 0 Å². The molecule has 3 aliphatic rings. The van der Waals surface area contributed by atoms with Gasteiger partial charge in [-0.25, -0.2) is 0 Å². The summed E-state index contributed by atoms with van der Waals surface area (Å²) in [6.07, 6.45) is 1.11. The second-order valence-electron chi connectivity index (χ2n) is 5.20. The highest BCUT2D eigenvalue weighted by Crippen LogP contribution is 2.52. The topological polar surface area (TPSA) is 108 Å². The molecule has 3 rings (SSSR count). The van der Waals surface area contributed by atoms with Crippen LogP contribution in [0, 0.1) is 11.8 Å². The van der Waals surface area contributed by atoms with Crippen molar-refractivity contribution in [2.45, 2.75) is 31.8 Å². The van der Waals surface area contributed by atoms with Crippen molar-refractivity contribution in [1.82, 2.24) is 5.32 Å². The average Bonchev–Trinajstić information content (AvgIpc) is 3.00. The van der Waals surface area contributed by atoms with Crippen LogP contribution in [0.15, 0.2) is 12.2 Å². The Kier molecular flexibility index (Phi) is 2.87. The molecule has 3 heterocycles. The molecule has 0 aliphatic carbocycles. The van der Waals surface area contributed by atoms with Gasteiger partial charge < -0.3 is 14.2 Å². The molecule has 0 aromatic heterocycles. The number of nitrogens with one attached hydrogen (secondary N) is 1. The predicted molar refractivity (Wildman–Crippen MR) is 64.2 cm³/mol. The highest BCUT2D eigenvalue weighted by atomic mass is 16.7. The number of carbonyl (C=O) groups excluding carboxylic acids is 4. The minimum Gasteiger partial charge on any atom is -0.422 e. The van der Waals surface area contributed by atoms with Gasteiger partial charge in [-0.15, -0.1) is 0 Å². The van der Waals surface area contributed by atoms with E-state index in [4.69, 9.17) is 14.2 Å². The smallest absolute Gasteiger partial charge is 0.305 e. The van der Waals surface area contributed by atoms with E-state index in [1.807, 2.05) is 0 Å². The Labute approximate surface area is 119 Å². The van der Waals surface area contributed by atoms with Crippen LogP contribution in [-0.2, 0) is 33.4 Å². The first-order chi connectivity index (χ1) is 9.85. The van der Waals surface area contributed by atoms with Crippen molar-refractivity contribution in [3.63, 3.8) is 0 Å². The van der Waals surface area contributed by atoms with Crippen LogP contribution in [0.3, 0.4) is 0 Å². The van der Waals surface area contributed by atoms with Gasteiger partial charge in [-0.2, -0.15) is 0 Å². The van der Waals surface area contributed by atoms with E-state index >= 15 is 0 Å². The molecule has 2 fully saturated rings.